The average molecular weight is 427 g/mol. The number of hydrogen-bond acceptors (Lipinski definition) is 6. The van der Waals surface area contributed by atoms with E-state index in [-0.39, 0.29) is 35.3 Å². The van der Waals surface area contributed by atoms with Gasteiger partial charge in [0.25, 0.3) is 5.91 Å². The highest BCUT2D eigenvalue weighted by Gasteiger charge is 2.49. The zero-order valence-corrected chi connectivity index (χ0v) is 18.0. The van der Waals surface area contributed by atoms with Crippen LogP contribution in [0.4, 0.5) is 0 Å². The SMILES string of the molecule is CCc1cc(C(=O)NC2C[C@H]3CC[C@@H](C2)N3S(=O)(=O)C2CCC(N)CC2)ns1. The maximum atomic E-state index is 13.3. The lowest BCUT2D eigenvalue weighted by Gasteiger charge is -2.41. The van der Waals surface area contributed by atoms with Gasteiger partial charge in [-0.1, -0.05) is 6.92 Å². The Morgan fingerprint density at radius 2 is 1.86 bits per heavy atom. The molecule has 1 saturated carbocycles. The molecule has 2 bridgehead atoms. The lowest BCUT2D eigenvalue weighted by atomic mass is 9.96. The average Bonchev–Trinajstić information content (AvgIpc) is 3.25. The lowest BCUT2D eigenvalue weighted by molar-refractivity contribution is 0.0905. The molecule has 0 spiro atoms. The molecule has 3 N–H and O–H groups in total. The van der Waals surface area contributed by atoms with Gasteiger partial charge in [0.15, 0.2) is 0 Å². The highest BCUT2D eigenvalue weighted by Crippen LogP contribution is 2.40. The molecule has 1 amide bonds. The van der Waals surface area contributed by atoms with Gasteiger partial charge in [-0.3, -0.25) is 4.79 Å². The van der Waals surface area contributed by atoms with E-state index in [1.807, 2.05) is 13.0 Å². The smallest absolute Gasteiger partial charge is 0.271 e. The van der Waals surface area contributed by atoms with E-state index in [9.17, 15) is 13.2 Å². The first-order valence-electron chi connectivity index (χ1n) is 10.4. The zero-order chi connectivity index (χ0) is 19.9. The Labute approximate surface area is 171 Å². The van der Waals surface area contributed by atoms with Crippen LogP contribution >= 0.6 is 11.5 Å². The number of carbonyl (C=O) groups is 1. The van der Waals surface area contributed by atoms with E-state index >= 15 is 0 Å². The van der Waals surface area contributed by atoms with Gasteiger partial charge in [0.1, 0.15) is 5.69 Å². The van der Waals surface area contributed by atoms with Gasteiger partial charge in [0.05, 0.1) is 5.25 Å². The third-order valence-corrected chi connectivity index (χ3v) is 10.0. The van der Waals surface area contributed by atoms with Gasteiger partial charge in [0.2, 0.25) is 10.0 Å². The monoisotopic (exact) mass is 426 g/mol. The summed E-state index contributed by atoms with van der Waals surface area (Å²) in [5, 5.41) is 2.81. The van der Waals surface area contributed by atoms with Crippen LogP contribution in [-0.4, -0.2) is 52.4 Å². The summed E-state index contributed by atoms with van der Waals surface area (Å²) in [5.41, 5.74) is 6.43. The fourth-order valence-corrected chi connectivity index (χ4v) is 8.14. The quantitative estimate of drug-likeness (QED) is 0.749. The molecule has 1 unspecified atom stereocenters. The zero-order valence-electron chi connectivity index (χ0n) is 16.3. The Balaban J connectivity index is 1.41. The summed E-state index contributed by atoms with van der Waals surface area (Å²) in [5.74, 6) is -0.141. The first-order chi connectivity index (χ1) is 13.4. The molecule has 3 aliphatic rings. The van der Waals surface area contributed by atoms with Crippen molar-refractivity contribution in [1.29, 1.82) is 0 Å². The topological polar surface area (TPSA) is 105 Å². The van der Waals surface area contributed by atoms with Crippen molar-refractivity contribution < 1.29 is 13.2 Å². The maximum absolute atomic E-state index is 13.3. The molecule has 3 heterocycles. The van der Waals surface area contributed by atoms with Crippen LogP contribution in [0.1, 0.15) is 73.7 Å². The largest absolute Gasteiger partial charge is 0.348 e. The van der Waals surface area contributed by atoms with Crippen LogP contribution in [-0.2, 0) is 16.4 Å². The first kappa shape index (κ1) is 20.3. The summed E-state index contributed by atoms with van der Waals surface area (Å²) in [6.07, 6.45) is 6.96. The standard InChI is InChI=1S/C19H30N4O3S2/c1-2-16-11-18(22-27-16)19(24)21-13-9-14-5-6-15(10-13)23(14)28(25,26)17-7-3-12(20)4-8-17/h11-15,17H,2-10,20H2,1H3,(H,21,24)/t12?,13?,14-,15+,17?. The normalized spacial score (nSPS) is 33.7. The molecular formula is C19H30N4O3S2. The van der Waals surface area contributed by atoms with Crippen LogP contribution in [0, 0.1) is 0 Å². The number of aromatic nitrogens is 1. The molecule has 0 aromatic carbocycles. The Bertz CT molecular complexity index is 803. The highest BCUT2D eigenvalue weighted by atomic mass is 32.2. The van der Waals surface area contributed by atoms with E-state index < -0.39 is 10.0 Å². The van der Waals surface area contributed by atoms with Crippen LogP contribution in [0.3, 0.4) is 0 Å². The number of carbonyl (C=O) groups excluding carboxylic acids is 1. The minimum absolute atomic E-state index is 0.00582. The molecule has 4 rings (SSSR count). The molecule has 1 aromatic rings. The molecule has 28 heavy (non-hydrogen) atoms. The minimum Gasteiger partial charge on any atom is -0.348 e. The van der Waals surface area contributed by atoms with Gasteiger partial charge in [-0.15, -0.1) is 0 Å². The van der Waals surface area contributed by atoms with Crippen LogP contribution in [0.5, 0.6) is 0 Å². The van der Waals surface area contributed by atoms with Crippen molar-refractivity contribution in [3.05, 3.63) is 16.6 Å². The Hall–Kier alpha value is -1.03. The van der Waals surface area contributed by atoms with Gasteiger partial charge in [-0.05, 0) is 75.4 Å². The minimum atomic E-state index is -3.29. The van der Waals surface area contributed by atoms with Gasteiger partial charge in [-0.25, -0.2) is 8.42 Å². The molecule has 0 radical (unpaired) electrons. The lowest BCUT2D eigenvalue weighted by Crippen LogP contribution is -2.55. The van der Waals surface area contributed by atoms with Crippen molar-refractivity contribution >= 4 is 27.5 Å². The van der Waals surface area contributed by atoms with Crippen molar-refractivity contribution in [2.45, 2.75) is 94.1 Å². The molecule has 1 aliphatic carbocycles. The van der Waals surface area contributed by atoms with Gasteiger partial charge >= 0.3 is 0 Å². The third kappa shape index (κ3) is 3.86. The predicted molar refractivity (Wildman–Crippen MR) is 110 cm³/mol. The second-order valence-corrected chi connectivity index (χ2v) is 11.5. The number of rotatable bonds is 5. The molecule has 2 saturated heterocycles. The van der Waals surface area contributed by atoms with E-state index in [4.69, 9.17) is 5.73 Å². The fraction of sp³-hybridized carbons (Fsp3) is 0.789. The van der Waals surface area contributed by atoms with E-state index in [1.54, 1.807) is 4.31 Å². The summed E-state index contributed by atoms with van der Waals surface area (Å²) in [4.78, 5) is 13.6. The Kier molecular flexibility index (Phi) is 5.79. The molecule has 3 atom stereocenters. The van der Waals surface area contributed by atoms with Crippen molar-refractivity contribution in [2.75, 3.05) is 0 Å². The number of nitrogens with two attached hydrogens (primary N) is 1. The van der Waals surface area contributed by atoms with Gasteiger partial charge in [-0.2, -0.15) is 8.68 Å². The Morgan fingerprint density at radius 3 is 2.43 bits per heavy atom. The van der Waals surface area contributed by atoms with Crippen LogP contribution < -0.4 is 11.1 Å². The summed E-state index contributed by atoms with van der Waals surface area (Å²) >= 11 is 1.37. The number of piperidine rings is 1. The molecule has 9 heteroatoms. The number of fused-ring (bicyclic) bond motifs is 2. The Morgan fingerprint density at radius 1 is 1.21 bits per heavy atom. The molecular weight excluding hydrogens is 396 g/mol. The van der Waals surface area contributed by atoms with Crippen molar-refractivity contribution in [3.8, 4) is 0 Å². The first-order valence-corrected chi connectivity index (χ1v) is 12.7. The number of nitrogens with one attached hydrogen (secondary N) is 1. The molecule has 156 valence electrons. The van der Waals surface area contributed by atoms with Crippen molar-refractivity contribution in [3.63, 3.8) is 0 Å². The van der Waals surface area contributed by atoms with E-state index in [1.165, 1.54) is 11.5 Å². The van der Waals surface area contributed by atoms with Crippen LogP contribution in [0.2, 0.25) is 0 Å². The number of aryl methyl sites for hydroxylation is 1. The van der Waals surface area contributed by atoms with Crippen LogP contribution in [0.15, 0.2) is 6.07 Å². The highest BCUT2D eigenvalue weighted by molar-refractivity contribution is 7.89. The predicted octanol–water partition coefficient (Wildman–Crippen LogP) is 2.03. The molecule has 2 aliphatic heterocycles. The number of sulfonamides is 1. The molecule has 3 fully saturated rings. The number of nitrogens with zero attached hydrogens (tertiary/aromatic N) is 2. The number of amides is 1. The maximum Gasteiger partial charge on any atom is 0.271 e. The van der Waals surface area contributed by atoms with Gasteiger partial charge in [0, 0.05) is 29.0 Å². The van der Waals surface area contributed by atoms with E-state index in [0.29, 0.717) is 31.4 Å². The van der Waals surface area contributed by atoms with Crippen molar-refractivity contribution in [2.24, 2.45) is 5.73 Å². The van der Waals surface area contributed by atoms with Crippen molar-refractivity contribution in [1.82, 2.24) is 14.0 Å². The fourth-order valence-electron chi connectivity index (χ4n) is 5.07. The summed E-state index contributed by atoms with van der Waals surface area (Å²) < 4.78 is 32.6. The molecule has 1 aromatic heterocycles. The molecule has 7 nitrogen and oxygen atoms in total. The summed E-state index contributed by atoms with van der Waals surface area (Å²) in [6.45, 7) is 2.04. The summed E-state index contributed by atoms with van der Waals surface area (Å²) in [6, 6.07) is 2.02. The second kappa shape index (κ2) is 8.01. The third-order valence-electron chi connectivity index (χ3n) is 6.58. The number of hydrogen-bond donors (Lipinski definition) is 2. The summed E-state index contributed by atoms with van der Waals surface area (Å²) in [7, 11) is -3.29. The second-order valence-electron chi connectivity index (χ2n) is 8.47. The van der Waals surface area contributed by atoms with E-state index in [0.717, 1.165) is 37.0 Å². The van der Waals surface area contributed by atoms with Crippen LogP contribution in [0.25, 0.3) is 0 Å². The van der Waals surface area contributed by atoms with E-state index in [2.05, 4.69) is 9.69 Å². The van der Waals surface area contributed by atoms with Gasteiger partial charge < -0.3 is 11.1 Å².